The maximum absolute atomic E-state index is 12.2. The van der Waals surface area contributed by atoms with Gasteiger partial charge in [0, 0.05) is 50.9 Å². The Morgan fingerprint density at radius 1 is 1.15 bits per heavy atom. The zero-order valence-corrected chi connectivity index (χ0v) is 15.6. The Kier molecular flexibility index (Phi) is 5.65. The zero-order chi connectivity index (χ0) is 18.5. The molecule has 1 aromatic heterocycles. The van der Waals surface area contributed by atoms with Crippen LogP contribution in [0.15, 0.2) is 42.6 Å². The first kappa shape index (κ1) is 17.9. The summed E-state index contributed by atoms with van der Waals surface area (Å²) in [6.07, 6.45) is 4.34. The van der Waals surface area contributed by atoms with E-state index < -0.39 is 0 Å². The van der Waals surface area contributed by atoms with Crippen molar-refractivity contribution in [1.29, 1.82) is 0 Å². The Balaban J connectivity index is 1.36. The summed E-state index contributed by atoms with van der Waals surface area (Å²) >= 11 is 0. The van der Waals surface area contributed by atoms with Gasteiger partial charge in [-0.3, -0.25) is 9.63 Å². The lowest BCUT2D eigenvalue weighted by Crippen LogP contribution is -2.33. The van der Waals surface area contributed by atoms with Gasteiger partial charge in [0.2, 0.25) is 5.91 Å². The predicted octanol–water partition coefficient (Wildman–Crippen LogP) is 2.29. The van der Waals surface area contributed by atoms with Gasteiger partial charge in [0.1, 0.15) is 5.82 Å². The molecule has 0 aliphatic carbocycles. The minimum atomic E-state index is 0.0456. The molecule has 27 heavy (non-hydrogen) atoms. The van der Waals surface area contributed by atoms with Gasteiger partial charge in [-0.15, -0.1) is 0 Å². The molecule has 1 saturated heterocycles. The van der Waals surface area contributed by atoms with Gasteiger partial charge < -0.3 is 10.2 Å². The number of nitrogens with zero attached hydrogens (tertiary/aromatic N) is 3. The number of pyridine rings is 1. The largest absolute Gasteiger partial charge is 0.352 e. The van der Waals surface area contributed by atoms with E-state index in [1.807, 2.05) is 23.4 Å². The lowest BCUT2D eigenvalue weighted by molar-refractivity contribution is -0.130. The number of anilines is 1. The number of rotatable bonds is 6. The van der Waals surface area contributed by atoms with Gasteiger partial charge in [-0.25, -0.2) is 4.98 Å². The molecule has 4 rings (SSSR count). The second kappa shape index (κ2) is 8.50. The maximum atomic E-state index is 12.2. The van der Waals surface area contributed by atoms with Gasteiger partial charge >= 0.3 is 0 Å². The average Bonchev–Trinajstić information content (AvgIpc) is 3.24. The van der Waals surface area contributed by atoms with Crippen molar-refractivity contribution >= 4 is 11.7 Å². The summed E-state index contributed by atoms with van der Waals surface area (Å²) in [5.74, 6) is 1.01. The van der Waals surface area contributed by atoms with Crippen molar-refractivity contribution in [1.82, 2.24) is 15.4 Å². The SMILES string of the molecule is O=C(CCN1CCCO1)NCc1cccnc1N1CCc2ccccc2C1. The first-order valence-electron chi connectivity index (χ1n) is 9.70. The second-order valence-electron chi connectivity index (χ2n) is 7.07. The fourth-order valence-electron chi connectivity index (χ4n) is 3.71. The summed E-state index contributed by atoms with van der Waals surface area (Å²) < 4.78 is 0. The molecule has 1 N–H and O–H groups in total. The number of hydroxylamine groups is 2. The molecule has 2 aliphatic rings. The van der Waals surface area contributed by atoms with Gasteiger partial charge in [0.25, 0.3) is 0 Å². The van der Waals surface area contributed by atoms with Crippen LogP contribution in [0.1, 0.15) is 29.5 Å². The first-order valence-corrected chi connectivity index (χ1v) is 9.70. The second-order valence-corrected chi connectivity index (χ2v) is 7.07. The van der Waals surface area contributed by atoms with E-state index in [0.717, 1.165) is 50.5 Å². The number of fused-ring (bicyclic) bond motifs is 1. The third-order valence-corrected chi connectivity index (χ3v) is 5.19. The number of carbonyl (C=O) groups is 1. The highest BCUT2D eigenvalue weighted by molar-refractivity contribution is 5.76. The summed E-state index contributed by atoms with van der Waals surface area (Å²) in [6, 6.07) is 12.6. The normalized spacial score (nSPS) is 17.0. The van der Waals surface area contributed by atoms with Gasteiger partial charge in [-0.05, 0) is 30.0 Å². The lowest BCUT2D eigenvalue weighted by atomic mass is 9.99. The van der Waals surface area contributed by atoms with E-state index in [1.54, 1.807) is 0 Å². The molecule has 1 fully saturated rings. The van der Waals surface area contributed by atoms with E-state index in [0.29, 0.717) is 19.5 Å². The minimum Gasteiger partial charge on any atom is -0.352 e. The molecule has 1 aromatic carbocycles. The first-order chi connectivity index (χ1) is 13.3. The Morgan fingerprint density at radius 2 is 2.04 bits per heavy atom. The van der Waals surface area contributed by atoms with Crippen molar-refractivity contribution in [2.75, 3.05) is 31.1 Å². The molecule has 0 radical (unpaired) electrons. The monoisotopic (exact) mass is 366 g/mol. The molecule has 0 bridgehead atoms. The Morgan fingerprint density at radius 3 is 2.89 bits per heavy atom. The average molecular weight is 366 g/mol. The minimum absolute atomic E-state index is 0.0456. The van der Waals surface area contributed by atoms with Crippen LogP contribution >= 0.6 is 0 Å². The predicted molar refractivity (Wildman–Crippen MR) is 104 cm³/mol. The van der Waals surface area contributed by atoms with Crippen LogP contribution < -0.4 is 10.2 Å². The molecule has 3 heterocycles. The number of nitrogens with one attached hydrogen (secondary N) is 1. The zero-order valence-electron chi connectivity index (χ0n) is 15.6. The standard InChI is InChI=1S/C21H26N4O2/c26-20(9-13-25-11-4-14-27-25)23-15-18-7-3-10-22-21(18)24-12-8-17-5-1-2-6-19(17)16-24/h1-3,5-7,10H,4,8-9,11-16H2,(H,23,26). The van der Waals surface area contributed by atoms with E-state index in [9.17, 15) is 4.79 Å². The van der Waals surface area contributed by atoms with Gasteiger partial charge in [-0.1, -0.05) is 30.3 Å². The Labute approximate surface area is 160 Å². The van der Waals surface area contributed by atoms with Crippen LogP contribution in [-0.2, 0) is 29.1 Å². The molecular formula is C21H26N4O2. The van der Waals surface area contributed by atoms with Crippen molar-refractivity contribution in [2.45, 2.75) is 32.4 Å². The van der Waals surface area contributed by atoms with Crippen LogP contribution in [0.25, 0.3) is 0 Å². The van der Waals surface area contributed by atoms with Crippen molar-refractivity contribution < 1.29 is 9.63 Å². The van der Waals surface area contributed by atoms with E-state index in [1.165, 1.54) is 11.1 Å². The number of amides is 1. The molecule has 0 unspecified atom stereocenters. The number of carbonyl (C=O) groups excluding carboxylic acids is 1. The van der Waals surface area contributed by atoms with Crippen molar-refractivity contribution in [3.63, 3.8) is 0 Å². The van der Waals surface area contributed by atoms with Crippen LogP contribution in [0.5, 0.6) is 0 Å². The summed E-state index contributed by atoms with van der Waals surface area (Å²) in [5, 5.41) is 4.91. The van der Waals surface area contributed by atoms with Crippen LogP contribution in [-0.4, -0.2) is 42.2 Å². The third-order valence-electron chi connectivity index (χ3n) is 5.19. The van der Waals surface area contributed by atoms with Crippen LogP contribution in [0.3, 0.4) is 0 Å². The number of hydrogen-bond donors (Lipinski definition) is 1. The van der Waals surface area contributed by atoms with Crippen LogP contribution in [0, 0.1) is 0 Å². The topological polar surface area (TPSA) is 57.7 Å². The van der Waals surface area contributed by atoms with Crippen LogP contribution in [0.2, 0.25) is 0 Å². The summed E-state index contributed by atoms with van der Waals surface area (Å²) in [4.78, 5) is 24.5. The summed E-state index contributed by atoms with van der Waals surface area (Å²) in [6.45, 7) is 4.63. The molecule has 1 amide bonds. The number of benzene rings is 1. The van der Waals surface area contributed by atoms with E-state index in [2.05, 4.69) is 39.5 Å². The highest BCUT2D eigenvalue weighted by Crippen LogP contribution is 2.25. The molecule has 142 valence electrons. The van der Waals surface area contributed by atoms with E-state index >= 15 is 0 Å². The Hall–Kier alpha value is -2.44. The quantitative estimate of drug-likeness (QED) is 0.850. The van der Waals surface area contributed by atoms with Gasteiger partial charge in [0.05, 0.1) is 6.61 Å². The molecule has 2 aliphatic heterocycles. The molecular weight excluding hydrogens is 340 g/mol. The van der Waals surface area contributed by atoms with E-state index in [-0.39, 0.29) is 5.91 Å². The fourth-order valence-corrected chi connectivity index (χ4v) is 3.71. The lowest BCUT2D eigenvalue weighted by Gasteiger charge is -2.31. The van der Waals surface area contributed by atoms with Crippen molar-refractivity contribution in [3.8, 4) is 0 Å². The summed E-state index contributed by atoms with van der Waals surface area (Å²) in [7, 11) is 0. The van der Waals surface area contributed by atoms with Gasteiger partial charge in [0.15, 0.2) is 0 Å². The van der Waals surface area contributed by atoms with Crippen molar-refractivity contribution in [3.05, 3.63) is 59.3 Å². The highest BCUT2D eigenvalue weighted by Gasteiger charge is 2.20. The molecule has 0 spiro atoms. The Bertz CT molecular complexity index is 789. The summed E-state index contributed by atoms with van der Waals surface area (Å²) in [5.41, 5.74) is 3.83. The highest BCUT2D eigenvalue weighted by atomic mass is 16.7. The molecule has 0 saturated carbocycles. The number of hydrogen-bond acceptors (Lipinski definition) is 5. The van der Waals surface area contributed by atoms with Crippen molar-refractivity contribution in [2.24, 2.45) is 0 Å². The number of aromatic nitrogens is 1. The molecule has 2 aromatic rings. The van der Waals surface area contributed by atoms with Gasteiger partial charge in [-0.2, -0.15) is 5.06 Å². The molecule has 0 atom stereocenters. The fraction of sp³-hybridized carbons (Fsp3) is 0.429. The van der Waals surface area contributed by atoms with Crippen LogP contribution in [0.4, 0.5) is 5.82 Å². The van der Waals surface area contributed by atoms with E-state index in [4.69, 9.17) is 4.84 Å². The maximum Gasteiger partial charge on any atom is 0.221 e. The molecule has 6 nitrogen and oxygen atoms in total. The smallest absolute Gasteiger partial charge is 0.221 e. The third kappa shape index (κ3) is 4.46. The molecule has 6 heteroatoms.